The first-order chi connectivity index (χ1) is 4.29. The molecule has 0 rings (SSSR count). The van der Waals surface area contributed by atoms with Crippen LogP contribution in [0.25, 0.3) is 0 Å². The second kappa shape index (κ2) is 36.1. The molecule has 0 N–H and O–H groups in total. The molecular weight excluding hydrogens is 580 g/mol. The van der Waals surface area contributed by atoms with Gasteiger partial charge in [-0.1, -0.05) is 61.6 Å². The fourth-order valence-corrected chi connectivity index (χ4v) is 0. The van der Waals surface area contributed by atoms with Crippen molar-refractivity contribution in [1.29, 1.82) is 0 Å². The molecule has 0 amide bonds. The standard InChI is InChI=1S/C5H13Si.C3H10Si.3CH4.2CH3.2W/c1-5-6(2,3)4;1-4(2)3;;;;;;;/h1,5H2,2-4H3;4H,1-3H3;3*1H4;2*1H3;;/q-1;;;;;2*-1;;+2. The van der Waals surface area contributed by atoms with Crippen molar-refractivity contribution in [2.24, 2.45) is 0 Å². The SMILES string of the molecule is C.C.C.C[SiH](C)C.[CH2-]C[Si](C)(C)C.[CH3-].[CH3-].[W+2].[W]. The van der Waals surface area contributed by atoms with Gasteiger partial charge in [-0.25, -0.2) is 0 Å². The van der Waals surface area contributed by atoms with E-state index in [4.69, 9.17) is 0 Å². The molecule has 0 saturated heterocycles. The van der Waals surface area contributed by atoms with Crippen LogP contribution in [0.2, 0.25) is 45.3 Å². The van der Waals surface area contributed by atoms with Gasteiger partial charge in [-0.05, 0) is 0 Å². The molecule has 0 aromatic carbocycles. The molecule has 0 aromatic heterocycles. The molecule has 0 aliphatic heterocycles. The van der Waals surface area contributed by atoms with Crippen LogP contribution in [0.3, 0.4) is 0 Å². The Kier molecular flexibility index (Phi) is 132. The zero-order valence-electron chi connectivity index (χ0n) is 11.3. The summed E-state index contributed by atoms with van der Waals surface area (Å²) in [6.07, 6.45) is 0. The first kappa shape index (κ1) is 62.0. The summed E-state index contributed by atoms with van der Waals surface area (Å²) in [4.78, 5) is 0. The zero-order chi connectivity index (χ0) is 8.78. The first-order valence-corrected chi connectivity index (χ1v) is 11.3. The van der Waals surface area contributed by atoms with E-state index in [1.165, 1.54) is 0 Å². The fourth-order valence-electron chi connectivity index (χ4n) is 0. The minimum atomic E-state index is -0.742. The Morgan fingerprint density at radius 1 is 0.882 bits per heavy atom. The molecule has 0 spiro atoms. The Labute approximate surface area is 147 Å². The molecule has 0 unspecified atom stereocenters. The maximum atomic E-state index is 3.82. The minimum Gasteiger partial charge on any atom is -0.358 e. The maximum absolute atomic E-state index is 3.82. The van der Waals surface area contributed by atoms with Crippen molar-refractivity contribution < 1.29 is 42.1 Å². The van der Waals surface area contributed by atoms with Crippen LogP contribution in [0.15, 0.2) is 0 Å². The summed E-state index contributed by atoms with van der Waals surface area (Å²) in [6.45, 7) is 17.7. The molecular formula is C13H41Si2W2-. The molecule has 0 nitrogen and oxygen atoms in total. The van der Waals surface area contributed by atoms with Crippen molar-refractivity contribution in [3.05, 3.63) is 21.8 Å². The van der Waals surface area contributed by atoms with E-state index in [9.17, 15) is 0 Å². The van der Waals surface area contributed by atoms with Gasteiger partial charge in [0, 0.05) is 37.9 Å². The van der Waals surface area contributed by atoms with Gasteiger partial charge in [0.25, 0.3) is 0 Å². The molecule has 0 aromatic rings. The molecule has 17 heavy (non-hydrogen) atoms. The largest absolute Gasteiger partial charge is 2.00 e. The van der Waals surface area contributed by atoms with Crippen LogP contribution in [-0.4, -0.2) is 16.9 Å². The van der Waals surface area contributed by atoms with Gasteiger partial charge in [-0.2, -0.15) is 6.04 Å². The minimum absolute atomic E-state index is 0. The van der Waals surface area contributed by atoms with Crippen molar-refractivity contribution in [3.63, 3.8) is 0 Å². The van der Waals surface area contributed by atoms with Crippen LogP contribution in [0.4, 0.5) is 0 Å². The Morgan fingerprint density at radius 3 is 0.941 bits per heavy atom. The number of hydrogen-bond acceptors (Lipinski definition) is 0. The quantitative estimate of drug-likeness (QED) is 0.247. The summed E-state index contributed by atoms with van der Waals surface area (Å²) in [6, 6.07) is 1.16. The van der Waals surface area contributed by atoms with E-state index in [0.717, 1.165) is 6.04 Å². The molecule has 0 heterocycles. The summed E-state index contributed by atoms with van der Waals surface area (Å²) < 4.78 is 0. The van der Waals surface area contributed by atoms with E-state index in [-0.39, 0.29) is 88.1 Å². The van der Waals surface area contributed by atoms with Crippen molar-refractivity contribution in [3.8, 4) is 0 Å². The van der Waals surface area contributed by atoms with E-state index in [2.05, 4.69) is 46.2 Å². The van der Waals surface area contributed by atoms with E-state index in [0.29, 0.717) is 0 Å². The van der Waals surface area contributed by atoms with Gasteiger partial charge in [0.05, 0.1) is 0 Å². The first-order valence-electron chi connectivity index (χ1n) is 4.09. The van der Waals surface area contributed by atoms with E-state index in [1.807, 2.05) is 0 Å². The molecule has 0 radical (unpaired) electrons. The molecule has 0 aliphatic carbocycles. The van der Waals surface area contributed by atoms with Crippen LogP contribution in [0.1, 0.15) is 22.3 Å². The topological polar surface area (TPSA) is 0 Å². The summed E-state index contributed by atoms with van der Waals surface area (Å²) in [5.74, 6) is 0. The summed E-state index contributed by atoms with van der Waals surface area (Å²) in [5, 5.41) is 0. The predicted octanol–water partition coefficient (Wildman–Crippen LogP) is 6.07. The average molecular weight is 621 g/mol. The van der Waals surface area contributed by atoms with Gasteiger partial charge >= 0.3 is 21.1 Å². The predicted molar refractivity (Wildman–Crippen MR) is 91.3 cm³/mol. The Bertz CT molecular complexity index is 69.6. The van der Waals surface area contributed by atoms with Crippen molar-refractivity contribution >= 4 is 16.9 Å². The third kappa shape index (κ3) is 192. The van der Waals surface area contributed by atoms with E-state index < -0.39 is 8.07 Å². The Hall–Kier alpha value is 1.81. The van der Waals surface area contributed by atoms with E-state index in [1.54, 1.807) is 0 Å². The average Bonchev–Trinajstić information content (AvgIpc) is 1.63. The summed E-state index contributed by atoms with van der Waals surface area (Å²) in [5.41, 5.74) is 0. The smallest absolute Gasteiger partial charge is 0.358 e. The maximum Gasteiger partial charge on any atom is 2.00 e. The molecule has 114 valence electrons. The Balaban J connectivity index is -0.00000000783. The van der Waals surface area contributed by atoms with Crippen molar-refractivity contribution in [2.45, 2.75) is 67.6 Å². The zero-order valence-corrected chi connectivity index (χ0v) is 19.3. The van der Waals surface area contributed by atoms with Crippen LogP contribution in [0, 0.1) is 21.8 Å². The van der Waals surface area contributed by atoms with Gasteiger partial charge in [0.15, 0.2) is 0 Å². The van der Waals surface area contributed by atoms with Crippen LogP contribution < -0.4 is 0 Å². The molecule has 0 aliphatic rings. The molecule has 4 heteroatoms. The monoisotopic (exact) mass is 621 g/mol. The summed E-state index contributed by atoms with van der Waals surface area (Å²) >= 11 is 0. The van der Waals surface area contributed by atoms with Crippen molar-refractivity contribution in [2.75, 3.05) is 0 Å². The molecule has 0 fully saturated rings. The van der Waals surface area contributed by atoms with Crippen LogP contribution in [-0.2, 0) is 42.1 Å². The van der Waals surface area contributed by atoms with E-state index >= 15 is 0 Å². The summed E-state index contributed by atoms with van der Waals surface area (Å²) in [7, 11) is -0.881. The van der Waals surface area contributed by atoms with Gasteiger partial charge in [0.1, 0.15) is 0 Å². The third-order valence-corrected chi connectivity index (χ3v) is 2.25. The molecule has 0 atom stereocenters. The third-order valence-electron chi connectivity index (χ3n) is 0.750. The van der Waals surface area contributed by atoms with Crippen molar-refractivity contribution in [1.82, 2.24) is 0 Å². The Morgan fingerprint density at radius 2 is 0.941 bits per heavy atom. The van der Waals surface area contributed by atoms with Gasteiger partial charge < -0.3 is 21.8 Å². The van der Waals surface area contributed by atoms with Crippen LogP contribution >= 0.6 is 0 Å². The second-order valence-electron chi connectivity index (χ2n) is 4.54. The van der Waals surface area contributed by atoms with Crippen LogP contribution in [0.5, 0.6) is 0 Å². The van der Waals surface area contributed by atoms with Gasteiger partial charge in [0.2, 0.25) is 0 Å². The van der Waals surface area contributed by atoms with Gasteiger partial charge in [-0.15, -0.1) is 0 Å². The normalized spacial score (nSPS) is 6.35. The molecule has 0 saturated carbocycles. The second-order valence-corrected chi connectivity index (χ2v) is 13.6. The fraction of sp³-hybridized carbons (Fsp3) is 0.769. The molecule has 0 bridgehead atoms. The number of hydrogen-bond donors (Lipinski definition) is 0. The van der Waals surface area contributed by atoms with Gasteiger partial charge in [-0.3, -0.25) is 0 Å². The number of rotatable bonds is 1.